The van der Waals surface area contributed by atoms with E-state index in [1.54, 1.807) is 11.3 Å². The number of carbonyl (C=O) groups is 1. The molecule has 2 heterocycles. The molecule has 0 spiro atoms. The van der Waals surface area contributed by atoms with Gasteiger partial charge in [-0.05, 0) is 36.4 Å². The van der Waals surface area contributed by atoms with Crippen molar-refractivity contribution >= 4 is 17.2 Å². The number of hydrogen-bond donors (Lipinski definition) is 1. The summed E-state index contributed by atoms with van der Waals surface area (Å²) >= 11 is 1.66. The van der Waals surface area contributed by atoms with Crippen molar-refractivity contribution in [3.63, 3.8) is 0 Å². The zero-order chi connectivity index (χ0) is 18.5. The van der Waals surface area contributed by atoms with Crippen molar-refractivity contribution in [1.82, 2.24) is 15.5 Å². The molecular formula is C20H23N3O2S. The van der Waals surface area contributed by atoms with Gasteiger partial charge < -0.3 is 9.73 Å². The monoisotopic (exact) mass is 369 g/mol. The summed E-state index contributed by atoms with van der Waals surface area (Å²) in [6.07, 6.45) is 0.754. The Bertz CT molecular complexity index is 838. The number of nitrogens with one attached hydrogen (secondary N) is 1. The summed E-state index contributed by atoms with van der Waals surface area (Å²) in [5, 5.41) is 13.3. The van der Waals surface area contributed by atoms with Crippen LogP contribution in [0.3, 0.4) is 0 Å². The average molecular weight is 369 g/mol. The smallest absolute Gasteiger partial charge is 0.247 e. The van der Waals surface area contributed by atoms with E-state index in [0.717, 1.165) is 5.56 Å². The zero-order valence-corrected chi connectivity index (χ0v) is 16.0. The molecule has 3 aromatic rings. The lowest BCUT2D eigenvalue weighted by Crippen LogP contribution is -2.31. The minimum Gasteiger partial charge on any atom is -0.421 e. The molecule has 1 N–H and O–H groups in total. The van der Waals surface area contributed by atoms with Crippen LogP contribution < -0.4 is 5.32 Å². The molecule has 26 heavy (non-hydrogen) atoms. The van der Waals surface area contributed by atoms with E-state index in [1.807, 2.05) is 42.6 Å². The molecule has 0 aliphatic carbocycles. The maximum Gasteiger partial charge on any atom is 0.247 e. The summed E-state index contributed by atoms with van der Waals surface area (Å²) in [6, 6.07) is 12.0. The molecule has 0 saturated carbocycles. The first-order valence-electron chi connectivity index (χ1n) is 8.75. The number of nitrogens with zero attached hydrogens (tertiary/aromatic N) is 2. The molecule has 3 rings (SSSR count). The molecule has 0 fully saturated rings. The van der Waals surface area contributed by atoms with Gasteiger partial charge in [0.2, 0.25) is 17.7 Å². The predicted molar refractivity (Wildman–Crippen MR) is 103 cm³/mol. The van der Waals surface area contributed by atoms with Crippen molar-refractivity contribution < 1.29 is 9.21 Å². The van der Waals surface area contributed by atoms with Crippen molar-refractivity contribution in [2.75, 3.05) is 0 Å². The van der Waals surface area contributed by atoms with E-state index in [2.05, 4.69) is 35.4 Å². The average Bonchev–Trinajstić information content (AvgIpc) is 3.30. The highest BCUT2D eigenvalue weighted by Gasteiger charge is 2.19. The van der Waals surface area contributed by atoms with E-state index in [0.29, 0.717) is 30.5 Å². The van der Waals surface area contributed by atoms with Gasteiger partial charge in [-0.1, -0.05) is 37.6 Å². The van der Waals surface area contributed by atoms with Gasteiger partial charge >= 0.3 is 0 Å². The molecule has 1 unspecified atom stereocenters. The zero-order valence-electron chi connectivity index (χ0n) is 15.2. The van der Waals surface area contributed by atoms with Crippen LogP contribution in [0.2, 0.25) is 0 Å². The third kappa shape index (κ3) is 4.58. The fourth-order valence-electron chi connectivity index (χ4n) is 2.67. The van der Waals surface area contributed by atoms with Crippen molar-refractivity contribution in [3.05, 3.63) is 58.1 Å². The van der Waals surface area contributed by atoms with Gasteiger partial charge in [-0.3, -0.25) is 4.79 Å². The number of aromatic nitrogens is 2. The second kappa shape index (κ2) is 8.27. The molecule has 1 atom stereocenters. The summed E-state index contributed by atoms with van der Waals surface area (Å²) in [7, 11) is 0. The van der Waals surface area contributed by atoms with Crippen LogP contribution in [0.4, 0.5) is 0 Å². The van der Waals surface area contributed by atoms with Crippen molar-refractivity contribution in [3.8, 4) is 11.5 Å². The van der Waals surface area contributed by atoms with Gasteiger partial charge in [0.1, 0.15) is 0 Å². The molecule has 0 aliphatic rings. The van der Waals surface area contributed by atoms with Crippen LogP contribution in [0.15, 0.2) is 46.2 Å². The highest BCUT2D eigenvalue weighted by atomic mass is 32.1. The summed E-state index contributed by atoms with van der Waals surface area (Å²) in [5.74, 6) is 1.29. The number of amides is 1. The number of rotatable bonds is 7. The van der Waals surface area contributed by atoms with Crippen LogP contribution in [-0.4, -0.2) is 16.1 Å². The third-order valence-corrected chi connectivity index (χ3v) is 5.12. The second-order valence-electron chi connectivity index (χ2n) is 6.67. The standard InChI is InChI=1S/C20H23N3O2S/c1-13(2)19(16-5-4-12-26-16)21-17(24)10-11-18-22-23-20(25-18)15-8-6-14(3)7-9-15/h4-9,12-13,19H,10-11H2,1-3H3,(H,21,24). The fraction of sp³-hybridized carbons (Fsp3) is 0.350. The molecule has 0 bridgehead atoms. The number of thiophene rings is 1. The SMILES string of the molecule is Cc1ccc(-c2nnc(CCC(=O)NC(c3cccs3)C(C)C)o2)cc1. The van der Waals surface area contributed by atoms with Crippen molar-refractivity contribution in [2.24, 2.45) is 5.92 Å². The predicted octanol–water partition coefficient (Wildman–Crippen LogP) is 4.55. The van der Waals surface area contributed by atoms with Crippen molar-refractivity contribution in [1.29, 1.82) is 0 Å². The summed E-state index contributed by atoms with van der Waals surface area (Å²) < 4.78 is 5.68. The topological polar surface area (TPSA) is 68.0 Å². The molecule has 0 saturated heterocycles. The van der Waals surface area contributed by atoms with Gasteiger partial charge in [0.15, 0.2) is 0 Å². The summed E-state index contributed by atoms with van der Waals surface area (Å²) in [4.78, 5) is 13.5. The Kier molecular flexibility index (Phi) is 5.83. The van der Waals surface area contributed by atoms with Crippen LogP contribution in [0.25, 0.3) is 11.5 Å². The molecule has 6 heteroatoms. The lowest BCUT2D eigenvalue weighted by Gasteiger charge is -2.21. The Morgan fingerprint density at radius 2 is 1.96 bits per heavy atom. The van der Waals surface area contributed by atoms with Gasteiger partial charge in [-0.2, -0.15) is 0 Å². The molecule has 1 amide bonds. The highest BCUT2D eigenvalue weighted by molar-refractivity contribution is 7.10. The van der Waals surface area contributed by atoms with Crippen molar-refractivity contribution in [2.45, 2.75) is 39.7 Å². The second-order valence-corrected chi connectivity index (χ2v) is 7.65. The molecule has 1 aromatic carbocycles. The molecule has 5 nitrogen and oxygen atoms in total. The number of aryl methyl sites for hydroxylation is 2. The Morgan fingerprint density at radius 3 is 2.62 bits per heavy atom. The van der Waals surface area contributed by atoms with Crippen LogP contribution >= 0.6 is 11.3 Å². The van der Waals surface area contributed by atoms with E-state index in [-0.39, 0.29) is 11.9 Å². The number of hydrogen-bond acceptors (Lipinski definition) is 5. The maximum absolute atomic E-state index is 12.3. The van der Waals surface area contributed by atoms with Gasteiger partial charge in [-0.15, -0.1) is 21.5 Å². The number of carbonyl (C=O) groups excluding carboxylic acids is 1. The summed E-state index contributed by atoms with van der Waals surface area (Å²) in [6.45, 7) is 6.25. The van der Waals surface area contributed by atoms with Gasteiger partial charge in [-0.25, -0.2) is 0 Å². The first-order valence-corrected chi connectivity index (χ1v) is 9.63. The Hall–Kier alpha value is -2.47. The minimum atomic E-state index is -0.00724. The van der Waals surface area contributed by atoms with Gasteiger partial charge in [0, 0.05) is 23.3 Å². The maximum atomic E-state index is 12.3. The fourth-order valence-corrected chi connectivity index (χ4v) is 3.62. The molecule has 0 radical (unpaired) electrons. The first-order chi connectivity index (χ1) is 12.5. The first kappa shape index (κ1) is 18.3. The highest BCUT2D eigenvalue weighted by Crippen LogP contribution is 2.26. The summed E-state index contributed by atoms with van der Waals surface area (Å²) in [5.41, 5.74) is 2.06. The molecule has 136 valence electrons. The van der Waals surface area contributed by atoms with Crippen LogP contribution in [-0.2, 0) is 11.2 Å². The van der Waals surface area contributed by atoms with Gasteiger partial charge in [0.25, 0.3) is 0 Å². The normalized spacial score (nSPS) is 12.3. The van der Waals surface area contributed by atoms with E-state index < -0.39 is 0 Å². The van der Waals surface area contributed by atoms with Crippen LogP contribution in [0.1, 0.15) is 42.6 Å². The Labute approximate surface area is 157 Å². The number of benzene rings is 1. The van der Waals surface area contributed by atoms with E-state index in [9.17, 15) is 4.79 Å². The lowest BCUT2D eigenvalue weighted by atomic mass is 10.0. The Balaban J connectivity index is 1.57. The quantitative estimate of drug-likeness (QED) is 0.663. The van der Waals surface area contributed by atoms with E-state index in [1.165, 1.54) is 10.4 Å². The molecule has 2 aromatic heterocycles. The molecule has 0 aliphatic heterocycles. The Morgan fingerprint density at radius 1 is 1.19 bits per heavy atom. The minimum absolute atomic E-state index is 0.00724. The van der Waals surface area contributed by atoms with Crippen LogP contribution in [0.5, 0.6) is 0 Å². The van der Waals surface area contributed by atoms with E-state index >= 15 is 0 Å². The third-order valence-electron chi connectivity index (χ3n) is 4.16. The largest absolute Gasteiger partial charge is 0.421 e. The molecular weight excluding hydrogens is 346 g/mol. The van der Waals surface area contributed by atoms with Crippen LogP contribution in [0, 0.1) is 12.8 Å². The van der Waals surface area contributed by atoms with Gasteiger partial charge in [0.05, 0.1) is 6.04 Å². The van der Waals surface area contributed by atoms with E-state index in [4.69, 9.17) is 4.42 Å². The lowest BCUT2D eigenvalue weighted by molar-refractivity contribution is -0.122.